The van der Waals surface area contributed by atoms with E-state index in [0.717, 1.165) is 6.07 Å². The van der Waals surface area contributed by atoms with Crippen LogP contribution in [0.5, 0.6) is 5.75 Å². The first-order valence-electron chi connectivity index (χ1n) is 7.68. The highest BCUT2D eigenvalue weighted by atomic mass is 32.2. The van der Waals surface area contributed by atoms with Crippen LogP contribution in [0.15, 0.2) is 48.9 Å². The zero-order valence-electron chi connectivity index (χ0n) is 13.7. The first-order chi connectivity index (χ1) is 13.2. The first kappa shape index (κ1) is 18.2. The molecule has 3 heterocycles. The van der Waals surface area contributed by atoms with Crippen LogP contribution in [0.25, 0.3) is 33.1 Å². The molecule has 0 radical (unpaired) electrons. The Hall–Kier alpha value is -3.21. The van der Waals surface area contributed by atoms with Crippen LogP contribution >= 0.6 is 0 Å². The molecule has 0 spiro atoms. The van der Waals surface area contributed by atoms with Gasteiger partial charge in [0, 0.05) is 23.3 Å². The fourth-order valence-corrected chi connectivity index (χ4v) is 3.22. The van der Waals surface area contributed by atoms with E-state index in [1.165, 1.54) is 24.5 Å². The van der Waals surface area contributed by atoms with Crippen molar-refractivity contribution in [1.82, 2.24) is 15.0 Å². The number of aromatic nitrogens is 3. The molecule has 11 heteroatoms. The third kappa shape index (κ3) is 2.93. The molecule has 0 amide bonds. The first-order valence-corrected chi connectivity index (χ1v) is 9.09. The summed E-state index contributed by atoms with van der Waals surface area (Å²) < 4.78 is 79.4. The van der Waals surface area contributed by atoms with Crippen molar-refractivity contribution in [3.63, 3.8) is 0 Å². The van der Waals surface area contributed by atoms with E-state index in [-0.39, 0.29) is 16.3 Å². The quantitative estimate of drug-likeness (QED) is 0.311. The second-order valence-electron chi connectivity index (χ2n) is 5.76. The molecule has 0 saturated carbocycles. The van der Waals surface area contributed by atoms with Crippen molar-refractivity contribution in [1.29, 1.82) is 0 Å². The number of pyridine rings is 2. The van der Waals surface area contributed by atoms with Crippen molar-refractivity contribution in [2.75, 3.05) is 0 Å². The van der Waals surface area contributed by atoms with Gasteiger partial charge in [0.25, 0.3) is 0 Å². The topological polar surface area (TPSA) is 84.9 Å². The van der Waals surface area contributed by atoms with Crippen LogP contribution in [-0.4, -0.2) is 28.9 Å². The Bertz CT molecular complexity index is 1300. The second kappa shape index (κ2) is 6.16. The Morgan fingerprint density at radius 1 is 1.07 bits per heavy atom. The molecule has 0 unspecified atom stereocenters. The molecule has 0 fully saturated rings. The highest BCUT2D eigenvalue weighted by Gasteiger charge is 2.49. The van der Waals surface area contributed by atoms with Gasteiger partial charge in [-0.2, -0.15) is 21.6 Å². The van der Waals surface area contributed by atoms with Crippen LogP contribution in [-0.2, 0) is 10.1 Å². The lowest BCUT2D eigenvalue weighted by atomic mass is 10.1. The molecule has 0 bridgehead atoms. The van der Waals surface area contributed by atoms with Gasteiger partial charge in [-0.3, -0.25) is 9.97 Å². The zero-order valence-corrected chi connectivity index (χ0v) is 14.5. The third-order valence-corrected chi connectivity index (χ3v) is 4.94. The maximum Gasteiger partial charge on any atom is 0.534 e. The van der Waals surface area contributed by atoms with E-state index < -0.39 is 27.2 Å². The molecule has 0 aliphatic heterocycles. The van der Waals surface area contributed by atoms with Gasteiger partial charge in [-0.25, -0.2) is 4.39 Å². The number of benzene rings is 1. The summed E-state index contributed by atoms with van der Waals surface area (Å²) in [6, 6.07) is 6.94. The van der Waals surface area contributed by atoms with Crippen molar-refractivity contribution in [2.45, 2.75) is 5.51 Å². The number of aromatic amines is 1. The number of nitrogens with one attached hydrogen (secondary N) is 1. The molecular formula is C17H9F4N3O3S. The van der Waals surface area contributed by atoms with Gasteiger partial charge in [-0.05, 0) is 30.3 Å². The number of H-pyrrole nitrogens is 1. The lowest BCUT2D eigenvalue weighted by Gasteiger charge is -2.11. The summed E-state index contributed by atoms with van der Waals surface area (Å²) in [5, 5.41) is 0.103. The number of hydrogen-bond donors (Lipinski definition) is 1. The number of nitrogens with zero attached hydrogens (tertiary/aromatic N) is 2. The predicted octanol–water partition coefficient (Wildman–Crippen LogP) is 4.15. The second-order valence-corrected chi connectivity index (χ2v) is 7.30. The van der Waals surface area contributed by atoms with E-state index in [4.69, 9.17) is 0 Å². The summed E-state index contributed by atoms with van der Waals surface area (Å²) in [5.41, 5.74) is -4.12. The maximum atomic E-state index is 14.3. The molecule has 3 aromatic heterocycles. The molecule has 6 nitrogen and oxygen atoms in total. The van der Waals surface area contributed by atoms with Crippen molar-refractivity contribution < 1.29 is 30.2 Å². The average Bonchev–Trinajstić information content (AvgIpc) is 3.02. The van der Waals surface area contributed by atoms with E-state index in [1.807, 2.05) is 0 Å². The van der Waals surface area contributed by atoms with Crippen LogP contribution in [0.1, 0.15) is 0 Å². The van der Waals surface area contributed by atoms with Crippen LogP contribution in [0, 0.1) is 5.82 Å². The normalized spacial score (nSPS) is 12.6. The van der Waals surface area contributed by atoms with Crippen molar-refractivity contribution in [3.05, 3.63) is 54.7 Å². The molecule has 1 aromatic carbocycles. The van der Waals surface area contributed by atoms with Gasteiger partial charge in [-0.15, -0.1) is 0 Å². The van der Waals surface area contributed by atoms with E-state index in [9.17, 15) is 26.0 Å². The minimum atomic E-state index is -6.05. The Labute approximate surface area is 154 Å². The predicted molar refractivity (Wildman–Crippen MR) is 92.4 cm³/mol. The fourth-order valence-electron chi connectivity index (χ4n) is 2.75. The zero-order chi connectivity index (χ0) is 20.1. The van der Waals surface area contributed by atoms with Crippen molar-refractivity contribution in [3.8, 4) is 17.0 Å². The van der Waals surface area contributed by atoms with E-state index >= 15 is 0 Å². The minimum Gasteiger partial charge on any atom is -0.372 e. The van der Waals surface area contributed by atoms with Gasteiger partial charge in [0.05, 0.1) is 28.3 Å². The summed E-state index contributed by atoms with van der Waals surface area (Å²) in [6.07, 6.45) is 4.48. The standard InChI is InChI=1S/C17H9F4N3O3S/c18-11-3-4-12-15(16(11)27-28(25,26)17(19,20)21)10-6-13(23-8-14(10)24-12)9-2-1-5-22-7-9/h1-8,24H. The Morgan fingerprint density at radius 3 is 2.54 bits per heavy atom. The van der Waals surface area contributed by atoms with Crippen LogP contribution < -0.4 is 4.18 Å². The van der Waals surface area contributed by atoms with E-state index in [2.05, 4.69) is 19.1 Å². The number of rotatable bonds is 3. The van der Waals surface area contributed by atoms with Gasteiger partial charge in [0.2, 0.25) is 0 Å². The summed E-state index contributed by atoms with van der Waals surface area (Å²) in [7, 11) is -6.05. The lowest BCUT2D eigenvalue weighted by Crippen LogP contribution is -2.28. The van der Waals surface area contributed by atoms with Crippen molar-refractivity contribution >= 4 is 31.9 Å². The largest absolute Gasteiger partial charge is 0.534 e. The van der Waals surface area contributed by atoms with Gasteiger partial charge < -0.3 is 9.17 Å². The number of alkyl halides is 3. The highest BCUT2D eigenvalue weighted by Crippen LogP contribution is 2.38. The van der Waals surface area contributed by atoms with E-state index in [1.54, 1.807) is 18.3 Å². The molecule has 1 N–H and O–H groups in total. The van der Waals surface area contributed by atoms with Crippen molar-refractivity contribution in [2.24, 2.45) is 0 Å². The molecule has 4 aromatic rings. The number of hydrogen-bond acceptors (Lipinski definition) is 5. The Balaban J connectivity index is 1.98. The molecule has 0 aliphatic carbocycles. The van der Waals surface area contributed by atoms with Gasteiger partial charge in [-0.1, -0.05) is 0 Å². The van der Waals surface area contributed by atoms with Crippen LogP contribution in [0.2, 0.25) is 0 Å². The molecule has 28 heavy (non-hydrogen) atoms. The lowest BCUT2D eigenvalue weighted by molar-refractivity contribution is -0.0500. The maximum absolute atomic E-state index is 14.3. The third-order valence-electron chi connectivity index (χ3n) is 3.99. The smallest absolute Gasteiger partial charge is 0.372 e. The molecule has 4 rings (SSSR count). The summed E-state index contributed by atoms with van der Waals surface area (Å²) in [4.78, 5) is 11.0. The van der Waals surface area contributed by atoms with Crippen LogP contribution in [0.3, 0.4) is 0 Å². The van der Waals surface area contributed by atoms with Gasteiger partial charge in [0.1, 0.15) is 0 Å². The minimum absolute atomic E-state index is 0.143. The summed E-state index contributed by atoms with van der Waals surface area (Å²) in [5.74, 6) is -2.29. The number of halogens is 4. The van der Waals surface area contributed by atoms with Crippen LogP contribution in [0.4, 0.5) is 17.6 Å². The molecule has 0 atom stereocenters. The summed E-state index contributed by atoms with van der Waals surface area (Å²) in [6.45, 7) is 0. The SMILES string of the molecule is O=S(=O)(Oc1c(F)ccc2[nH]c3cnc(-c4cccnc4)cc3c12)C(F)(F)F. The Kier molecular flexibility index (Phi) is 4.00. The summed E-state index contributed by atoms with van der Waals surface area (Å²) >= 11 is 0. The molecular weight excluding hydrogens is 402 g/mol. The molecule has 0 saturated heterocycles. The fraction of sp³-hybridized carbons (Fsp3) is 0.0588. The molecule has 0 aliphatic rings. The molecule has 144 valence electrons. The number of fused-ring (bicyclic) bond motifs is 3. The average molecular weight is 411 g/mol. The highest BCUT2D eigenvalue weighted by molar-refractivity contribution is 7.88. The van der Waals surface area contributed by atoms with E-state index in [0.29, 0.717) is 16.8 Å². The Morgan fingerprint density at radius 2 is 1.86 bits per heavy atom. The van der Waals surface area contributed by atoms with Gasteiger partial charge in [0.15, 0.2) is 11.6 Å². The monoisotopic (exact) mass is 411 g/mol. The van der Waals surface area contributed by atoms with Gasteiger partial charge >= 0.3 is 15.6 Å².